The molecule has 17 heavy (non-hydrogen) atoms. The summed E-state index contributed by atoms with van der Waals surface area (Å²) in [6.07, 6.45) is 0. The van der Waals surface area contributed by atoms with Gasteiger partial charge in [0.1, 0.15) is 10.3 Å². The van der Waals surface area contributed by atoms with Crippen molar-refractivity contribution in [3.8, 4) is 0 Å². The Morgan fingerprint density at radius 1 is 1.18 bits per heavy atom. The lowest BCUT2D eigenvalue weighted by atomic mass is 10.3. The summed E-state index contributed by atoms with van der Waals surface area (Å²) in [6.45, 7) is 0. The molecule has 1 N–H and O–H groups in total. The van der Waals surface area contributed by atoms with Gasteiger partial charge in [-0.3, -0.25) is 4.79 Å². The fraction of sp³-hybridized carbons (Fsp3) is 0. The molecule has 2 rings (SSSR count). The lowest BCUT2D eigenvalue weighted by Crippen LogP contribution is -2.13. The Labute approximate surface area is 121 Å². The van der Waals surface area contributed by atoms with E-state index in [1.807, 2.05) is 24.3 Å². The van der Waals surface area contributed by atoms with Crippen LogP contribution in [0.1, 0.15) is 10.5 Å². The van der Waals surface area contributed by atoms with Crippen LogP contribution in [-0.4, -0.2) is 10.9 Å². The van der Waals surface area contributed by atoms with E-state index in [9.17, 15) is 4.79 Å². The predicted octanol–water partition coefficient (Wildman–Crippen LogP) is 3.70. The van der Waals surface area contributed by atoms with E-state index < -0.39 is 0 Å². The van der Waals surface area contributed by atoms with Gasteiger partial charge in [-0.2, -0.15) is 0 Å². The Morgan fingerprint density at radius 2 is 1.88 bits per heavy atom. The third-order valence-electron chi connectivity index (χ3n) is 2.05. The van der Waals surface area contributed by atoms with Crippen LogP contribution in [0, 0.1) is 3.57 Å². The average Bonchev–Trinajstić information content (AvgIpc) is 2.32. The van der Waals surface area contributed by atoms with Crippen LogP contribution in [0.3, 0.4) is 0 Å². The normalized spacial score (nSPS) is 10.0. The van der Waals surface area contributed by atoms with Crippen molar-refractivity contribution in [3.63, 3.8) is 0 Å². The Bertz CT molecular complexity index is 542. The van der Waals surface area contributed by atoms with Crippen molar-refractivity contribution >= 4 is 50.1 Å². The maximum Gasteiger partial charge on any atom is 0.274 e. The first-order chi connectivity index (χ1) is 8.15. The van der Waals surface area contributed by atoms with E-state index in [2.05, 4.69) is 48.8 Å². The number of carbonyl (C=O) groups excluding carboxylic acids is 1. The van der Waals surface area contributed by atoms with E-state index >= 15 is 0 Å². The number of aromatic nitrogens is 1. The number of anilines is 1. The van der Waals surface area contributed by atoms with Crippen LogP contribution in [0.25, 0.3) is 0 Å². The van der Waals surface area contributed by atoms with Gasteiger partial charge in [0.25, 0.3) is 5.91 Å². The maximum absolute atomic E-state index is 11.9. The summed E-state index contributed by atoms with van der Waals surface area (Å²) in [5.41, 5.74) is 1.15. The van der Waals surface area contributed by atoms with Crippen LogP contribution in [0.15, 0.2) is 47.1 Å². The summed E-state index contributed by atoms with van der Waals surface area (Å²) < 4.78 is 1.77. The highest BCUT2D eigenvalue weighted by Crippen LogP contribution is 2.13. The first kappa shape index (κ1) is 12.5. The molecular weight excluding hydrogens is 395 g/mol. The van der Waals surface area contributed by atoms with Crippen LogP contribution in [0.2, 0.25) is 0 Å². The van der Waals surface area contributed by atoms with Crippen LogP contribution in [0.5, 0.6) is 0 Å². The van der Waals surface area contributed by atoms with Gasteiger partial charge in [0.2, 0.25) is 0 Å². The summed E-state index contributed by atoms with van der Waals surface area (Å²) in [5.74, 6) is -0.215. The quantitative estimate of drug-likeness (QED) is 0.614. The SMILES string of the molecule is O=C(Nc1ccc(I)cc1)c1cccc(Br)n1. The number of rotatable bonds is 2. The van der Waals surface area contributed by atoms with E-state index in [-0.39, 0.29) is 5.91 Å². The fourth-order valence-electron chi connectivity index (χ4n) is 1.26. The minimum absolute atomic E-state index is 0.215. The fourth-order valence-corrected chi connectivity index (χ4v) is 1.97. The van der Waals surface area contributed by atoms with Crippen molar-refractivity contribution in [3.05, 3.63) is 56.3 Å². The number of amides is 1. The van der Waals surface area contributed by atoms with Crippen molar-refractivity contribution in [1.29, 1.82) is 0 Å². The molecule has 1 heterocycles. The second-order valence-electron chi connectivity index (χ2n) is 3.31. The number of benzene rings is 1. The number of halogens is 2. The monoisotopic (exact) mass is 402 g/mol. The van der Waals surface area contributed by atoms with Gasteiger partial charge < -0.3 is 5.32 Å². The number of hydrogen-bond donors (Lipinski definition) is 1. The highest BCUT2D eigenvalue weighted by atomic mass is 127. The molecule has 1 amide bonds. The van der Waals surface area contributed by atoms with Crippen LogP contribution >= 0.6 is 38.5 Å². The van der Waals surface area contributed by atoms with Gasteiger partial charge in [-0.25, -0.2) is 4.98 Å². The lowest BCUT2D eigenvalue weighted by Gasteiger charge is -2.04. The Morgan fingerprint density at radius 3 is 2.53 bits per heavy atom. The number of hydrogen-bond acceptors (Lipinski definition) is 2. The van der Waals surface area contributed by atoms with Crippen molar-refractivity contribution in [2.45, 2.75) is 0 Å². The highest BCUT2D eigenvalue weighted by Gasteiger charge is 2.07. The molecular formula is C12H8BrIN2O. The van der Waals surface area contributed by atoms with Crippen LogP contribution in [-0.2, 0) is 0 Å². The van der Waals surface area contributed by atoms with E-state index in [0.717, 1.165) is 9.26 Å². The molecule has 0 aliphatic carbocycles. The number of nitrogens with one attached hydrogen (secondary N) is 1. The summed E-state index contributed by atoms with van der Waals surface area (Å²) in [4.78, 5) is 15.9. The molecule has 0 spiro atoms. The Hall–Kier alpha value is -0.950. The predicted molar refractivity (Wildman–Crippen MR) is 79.0 cm³/mol. The van der Waals surface area contributed by atoms with Crippen molar-refractivity contribution in [1.82, 2.24) is 4.98 Å². The molecule has 0 saturated carbocycles. The summed E-state index contributed by atoms with van der Waals surface area (Å²) >= 11 is 5.45. The highest BCUT2D eigenvalue weighted by molar-refractivity contribution is 14.1. The molecule has 0 bridgehead atoms. The first-order valence-corrected chi connectivity index (χ1v) is 6.72. The van der Waals surface area contributed by atoms with E-state index in [1.165, 1.54) is 0 Å². The largest absolute Gasteiger partial charge is 0.321 e. The zero-order chi connectivity index (χ0) is 12.3. The Balaban J connectivity index is 2.14. The molecule has 3 nitrogen and oxygen atoms in total. The standard InChI is InChI=1S/C12H8BrIN2O/c13-11-3-1-2-10(16-11)12(17)15-9-6-4-8(14)5-7-9/h1-7H,(H,15,17). The molecule has 0 radical (unpaired) electrons. The van der Waals surface area contributed by atoms with E-state index in [1.54, 1.807) is 18.2 Å². The molecule has 0 fully saturated rings. The second-order valence-corrected chi connectivity index (χ2v) is 5.36. The second kappa shape index (κ2) is 5.59. The van der Waals surface area contributed by atoms with Gasteiger partial charge in [0.05, 0.1) is 0 Å². The Kier molecular flexibility index (Phi) is 4.11. The number of carbonyl (C=O) groups is 1. The molecule has 0 saturated heterocycles. The molecule has 86 valence electrons. The molecule has 1 aromatic heterocycles. The van der Waals surface area contributed by atoms with E-state index in [4.69, 9.17) is 0 Å². The van der Waals surface area contributed by atoms with Crippen LogP contribution in [0.4, 0.5) is 5.69 Å². The maximum atomic E-state index is 11.9. The van der Waals surface area contributed by atoms with Gasteiger partial charge in [-0.15, -0.1) is 0 Å². The number of pyridine rings is 1. The lowest BCUT2D eigenvalue weighted by molar-refractivity contribution is 0.102. The molecule has 0 unspecified atom stereocenters. The molecule has 0 aliphatic heterocycles. The molecule has 0 atom stereocenters. The first-order valence-electron chi connectivity index (χ1n) is 4.84. The third kappa shape index (κ3) is 3.50. The zero-order valence-electron chi connectivity index (χ0n) is 8.65. The minimum Gasteiger partial charge on any atom is -0.321 e. The van der Waals surface area contributed by atoms with Crippen molar-refractivity contribution < 1.29 is 4.79 Å². The minimum atomic E-state index is -0.215. The third-order valence-corrected chi connectivity index (χ3v) is 3.21. The van der Waals surface area contributed by atoms with Gasteiger partial charge in [0, 0.05) is 9.26 Å². The summed E-state index contributed by atoms with van der Waals surface area (Å²) in [5, 5.41) is 2.79. The molecule has 1 aromatic carbocycles. The van der Waals surface area contributed by atoms with Crippen molar-refractivity contribution in [2.24, 2.45) is 0 Å². The topological polar surface area (TPSA) is 42.0 Å². The zero-order valence-corrected chi connectivity index (χ0v) is 12.4. The molecule has 0 aliphatic rings. The summed E-state index contributed by atoms with van der Waals surface area (Å²) in [7, 11) is 0. The molecule has 2 aromatic rings. The van der Waals surface area contributed by atoms with Crippen LogP contribution < -0.4 is 5.32 Å². The molecule has 5 heteroatoms. The van der Waals surface area contributed by atoms with Gasteiger partial charge in [0.15, 0.2) is 0 Å². The number of nitrogens with zero attached hydrogens (tertiary/aromatic N) is 1. The van der Waals surface area contributed by atoms with Gasteiger partial charge in [-0.05, 0) is 74.9 Å². The van der Waals surface area contributed by atoms with Gasteiger partial charge in [-0.1, -0.05) is 6.07 Å². The smallest absolute Gasteiger partial charge is 0.274 e. The van der Waals surface area contributed by atoms with Gasteiger partial charge >= 0.3 is 0 Å². The van der Waals surface area contributed by atoms with E-state index in [0.29, 0.717) is 10.3 Å². The van der Waals surface area contributed by atoms with Crippen molar-refractivity contribution in [2.75, 3.05) is 5.32 Å². The average molecular weight is 403 g/mol. The summed E-state index contributed by atoms with van der Waals surface area (Å²) in [6, 6.07) is 12.8.